The van der Waals surface area contributed by atoms with Gasteiger partial charge in [0.2, 0.25) is 0 Å². The van der Waals surface area contributed by atoms with Crippen molar-refractivity contribution >= 4 is 15.9 Å². The summed E-state index contributed by atoms with van der Waals surface area (Å²) >= 11 is 0. The number of rotatable bonds is 5. The number of carbonyl (C=O) groups excluding carboxylic acids is 1. The van der Waals surface area contributed by atoms with Crippen LogP contribution in [-0.4, -0.2) is 44.8 Å². The van der Waals surface area contributed by atoms with Crippen LogP contribution in [0.1, 0.15) is 33.1 Å². The highest BCUT2D eigenvalue weighted by Crippen LogP contribution is 2.31. The zero-order chi connectivity index (χ0) is 14.7. The van der Waals surface area contributed by atoms with Crippen LogP contribution in [-0.2, 0) is 19.3 Å². The Labute approximate surface area is 114 Å². The molecule has 0 aliphatic carbocycles. The molecule has 19 heavy (non-hydrogen) atoms. The molecule has 1 amide bonds. The molecular formula is C12H23NO5S. The Bertz CT molecular complexity index is 418. The van der Waals surface area contributed by atoms with E-state index in [0.29, 0.717) is 13.0 Å². The van der Waals surface area contributed by atoms with Crippen molar-refractivity contribution < 1.29 is 22.7 Å². The molecule has 0 aromatic heterocycles. The second kappa shape index (κ2) is 6.09. The van der Waals surface area contributed by atoms with E-state index in [0.717, 1.165) is 12.8 Å². The van der Waals surface area contributed by atoms with Gasteiger partial charge in [-0.2, -0.15) is 0 Å². The smallest absolute Gasteiger partial charge is 0.405 e. The van der Waals surface area contributed by atoms with Gasteiger partial charge >= 0.3 is 6.09 Å². The zero-order valence-electron chi connectivity index (χ0n) is 11.7. The lowest BCUT2D eigenvalue weighted by Gasteiger charge is -2.36. The molecule has 1 aliphatic rings. The maximum absolute atomic E-state index is 11.4. The van der Waals surface area contributed by atoms with E-state index in [1.54, 1.807) is 13.8 Å². The molecule has 1 heterocycles. The monoisotopic (exact) mass is 293 g/mol. The van der Waals surface area contributed by atoms with Gasteiger partial charge in [0.05, 0.1) is 11.9 Å². The molecule has 7 heteroatoms. The predicted molar refractivity (Wildman–Crippen MR) is 71.5 cm³/mol. The van der Waals surface area contributed by atoms with Crippen LogP contribution in [0.4, 0.5) is 4.79 Å². The van der Waals surface area contributed by atoms with Gasteiger partial charge in [-0.3, -0.25) is 0 Å². The molecule has 0 spiro atoms. The molecule has 112 valence electrons. The Kier molecular flexibility index (Phi) is 5.20. The zero-order valence-corrected chi connectivity index (χ0v) is 12.5. The third-order valence-corrected chi connectivity index (χ3v) is 4.11. The summed E-state index contributed by atoms with van der Waals surface area (Å²) in [6.45, 7) is 4.11. The Hall–Kier alpha value is -0.820. The van der Waals surface area contributed by atoms with E-state index in [2.05, 4.69) is 0 Å². The van der Waals surface area contributed by atoms with Crippen LogP contribution in [0.15, 0.2) is 0 Å². The molecule has 6 nitrogen and oxygen atoms in total. The van der Waals surface area contributed by atoms with Gasteiger partial charge < -0.3 is 15.2 Å². The Morgan fingerprint density at radius 2 is 2.11 bits per heavy atom. The standard InChI is InChI=1S/C12H23NO5S/c1-12(2,18-11(13)14)7-9-5-4-6-17-10(9)8-19(3,15)16/h9-10H,4-8H2,1-3H3,(H2,13,14). The number of carbonyl (C=O) groups is 1. The van der Waals surface area contributed by atoms with Crippen LogP contribution in [0.2, 0.25) is 0 Å². The molecule has 2 unspecified atom stereocenters. The van der Waals surface area contributed by atoms with Gasteiger partial charge in [0.25, 0.3) is 0 Å². The van der Waals surface area contributed by atoms with Crippen molar-refractivity contribution in [2.45, 2.75) is 44.8 Å². The third kappa shape index (κ3) is 6.24. The van der Waals surface area contributed by atoms with E-state index in [1.165, 1.54) is 6.26 Å². The maximum Gasteiger partial charge on any atom is 0.405 e. The van der Waals surface area contributed by atoms with Gasteiger partial charge in [0, 0.05) is 12.9 Å². The average Bonchev–Trinajstić information content (AvgIpc) is 2.16. The topological polar surface area (TPSA) is 95.7 Å². The maximum atomic E-state index is 11.4. The SMILES string of the molecule is CC(C)(CC1CCCOC1CS(C)(=O)=O)OC(N)=O. The van der Waals surface area contributed by atoms with Crippen molar-refractivity contribution in [1.29, 1.82) is 0 Å². The van der Waals surface area contributed by atoms with Crippen molar-refractivity contribution in [2.24, 2.45) is 11.7 Å². The van der Waals surface area contributed by atoms with Crippen LogP contribution in [0, 0.1) is 5.92 Å². The number of sulfone groups is 1. The first-order valence-electron chi connectivity index (χ1n) is 6.37. The van der Waals surface area contributed by atoms with Gasteiger partial charge in [-0.15, -0.1) is 0 Å². The summed E-state index contributed by atoms with van der Waals surface area (Å²) < 4.78 is 33.4. The van der Waals surface area contributed by atoms with Crippen molar-refractivity contribution in [3.8, 4) is 0 Å². The first-order chi connectivity index (χ1) is 8.59. The van der Waals surface area contributed by atoms with E-state index in [1.807, 2.05) is 0 Å². The molecule has 2 atom stereocenters. The second-order valence-corrected chi connectivity index (χ2v) is 7.97. The highest BCUT2D eigenvalue weighted by atomic mass is 32.2. The molecule has 0 saturated carbocycles. The molecule has 0 radical (unpaired) electrons. The Morgan fingerprint density at radius 1 is 1.47 bits per heavy atom. The lowest BCUT2D eigenvalue weighted by atomic mass is 9.85. The Balaban J connectivity index is 2.69. The fourth-order valence-electron chi connectivity index (χ4n) is 2.56. The van der Waals surface area contributed by atoms with E-state index in [4.69, 9.17) is 15.2 Å². The molecule has 1 saturated heterocycles. The molecule has 0 aromatic rings. The molecular weight excluding hydrogens is 270 g/mol. The van der Waals surface area contributed by atoms with Crippen LogP contribution in [0.5, 0.6) is 0 Å². The molecule has 1 fully saturated rings. The lowest BCUT2D eigenvalue weighted by molar-refractivity contribution is -0.0488. The minimum absolute atomic E-state index is 0.00428. The number of primary amides is 1. The summed E-state index contributed by atoms with van der Waals surface area (Å²) in [5, 5.41) is 0. The van der Waals surface area contributed by atoms with Gasteiger partial charge in [0.1, 0.15) is 15.4 Å². The van der Waals surface area contributed by atoms with Gasteiger partial charge in [-0.25, -0.2) is 13.2 Å². The van der Waals surface area contributed by atoms with Crippen LogP contribution in [0.3, 0.4) is 0 Å². The summed E-state index contributed by atoms with van der Waals surface area (Å²) in [7, 11) is -3.09. The highest BCUT2D eigenvalue weighted by molar-refractivity contribution is 7.90. The normalized spacial score (nSPS) is 25.0. The summed E-state index contributed by atoms with van der Waals surface area (Å²) in [5.74, 6) is 0.0578. The highest BCUT2D eigenvalue weighted by Gasteiger charge is 2.35. The predicted octanol–water partition coefficient (Wildman–Crippen LogP) is 1.09. The van der Waals surface area contributed by atoms with E-state index in [-0.39, 0.29) is 17.8 Å². The summed E-state index contributed by atoms with van der Waals surface area (Å²) in [6.07, 6.45) is 2.34. The van der Waals surface area contributed by atoms with Crippen LogP contribution >= 0.6 is 0 Å². The summed E-state index contributed by atoms with van der Waals surface area (Å²) in [6, 6.07) is 0. The number of nitrogens with two attached hydrogens (primary N) is 1. The molecule has 2 N–H and O–H groups in total. The third-order valence-electron chi connectivity index (χ3n) is 3.17. The van der Waals surface area contributed by atoms with E-state index >= 15 is 0 Å². The summed E-state index contributed by atoms with van der Waals surface area (Å²) in [4.78, 5) is 10.8. The van der Waals surface area contributed by atoms with Crippen LogP contribution in [0.25, 0.3) is 0 Å². The molecule has 1 rings (SSSR count). The van der Waals surface area contributed by atoms with Crippen molar-refractivity contribution in [2.75, 3.05) is 18.6 Å². The fourth-order valence-corrected chi connectivity index (χ4v) is 3.53. The minimum atomic E-state index is -3.09. The van der Waals surface area contributed by atoms with E-state index < -0.39 is 21.5 Å². The van der Waals surface area contributed by atoms with Gasteiger partial charge in [-0.1, -0.05) is 0 Å². The van der Waals surface area contributed by atoms with E-state index in [9.17, 15) is 13.2 Å². The number of hydrogen-bond acceptors (Lipinski definition) is 5. The lowest BCUT2D eigenvalue weighted by Crippen LogP contribution is -2.41. The first-order valence-corrected chi connectivity index (χ1v) is 8.43. The summed E-state index contributed by atoms with van der Waals surface area (Å²) in [5.41, 5.74) is 4.32. The van der Waals surface area contributed by atoms with Crippen molar-refractivity contribution in [3.05, 3.63) is 0 Å². The molecule has 0 bridgehead atoms. The Morgan fingerprint density at radius 3 is 2.63 bits per heavy atom. The quantitative estimate of drug-likeness (QED) is 0.818. The fraction of sp³-hybridized carbons (Fsp3) is 0.917. The first kappa shape index (κ1) is 16.2. The minimum Gasteiger partial charge on any atom is -0.444 e. The van der Waals surface area contributed by atoms with Crippen LogP contribution < -0.4 is 5.73 Å². The number of ether oxygens (including phenoxy) is 2. The van der Waals surface area contributed by atoms with Crippen molar-refractivity contribution in [1.82, 2.24) is 0 Å². The largest absolute Gasteiger partial charge is 0.444 e. The molecule has 0 aromatic carbocycles. The average molecular weight is 293 g/mol. The second-order valence-electron chi connectivity index (χ2n) is 5.79. The van der Waals surface area contributed by atoms with Gasteiger partial charge in [0.15, 0.2) is 0 Å². The molecule has 1 aliphatic heterocycles. The van der Waals surface area contributed by atoms with Crippen molar-refractivity contribution in [3.63, 3.8) is 0 Å². The number of amides is 1. The number of hydrogen-bond donors (Lipinski definition) is 1. The van der Waals surface area contributed by atoms with Gasteiger partial charge in [-0.05, 0) is 39.0 Å².